The lowest BCUT2D eigenvalue weighted by atomic mass is 9.96. The number of rotatable bonds is 3. The highest BCUT2D eigenvalue weighted by atomic mass is 19.4. The topological polar surface area (TPSA) is 56.1 Å². The fourth-order valence-corrected chi connectivity index (χ4v) is 3.17. The van der Waals surface area contributed by atoms with Crippen LogP contribution in [0.1, 0.15) is 27.0 Å². The Hall–Kier alpha value is -3.29. The van der Waals surface area contributed by atoms with Crippen molar-refractivity contribution in [2.75, 3.05) is 13.2 Å². The number of imidazole rings is 1. The molecule has 1 amide bonds. The van der Waals surface area contributed by atoms with Gasteiger partial charge >= 0.3 is 6.18 Å². The van der Waals surface area contributed by atoms with Crippen molar-refractivity contribution in [1.82, 2.24) is 14.9 Å². The molecule has 4 rings (SSSR count). The first-order valence-electron chi connectivity index (χ1n) is 8.64. The number of aromatic nitrogens is 2. The summed E-state index contributed by atoms with van der Waals surface area (Å²) in [5.74, 6) is -0.473. The first-order chi connectivity index (χ1) is 13.4. The number of ether oxygens (including phenoxy) is 1. The third-order valence-electron chi connectivity index (χ3n) is 4.53. The summed E-state index contributed by atoms with van der Waals surface area (Å²) in [6, 6.07) is 9.35. The largest absolute Gasteiger partial charge is 0.491 e. The molecule has 0 saturated heterocycles. The molecule has 0 unspecified atom stereocenters. The second kappa shape index (κ2) is 7.03. The highest BCUT2D eigenvalue weighted by molar-refractivity contribution is 5.97. The van der Waals surface area contributed by atoms with E-state index in [4.69, 9.17) is 4.74 Å². The summed E-state index contributed by atoms with van der Waals surface area (Å²) < 4.78 is 47.9. The van der Waals surface area contributed by atoms with Crippen molar-refractivity contribution in [1.29, 1.82) is 0 Å². The fraction of sp³-hybridized carbons (Fsp3) is 0.200. The average molecular weight is 387 g/mol. The van der Waals surface area contributed by atoms with E-state index in [1.54, 1.807) is 35.4 Å². The minimum absolute atomic E-state index is 0.0299. The van der Waals surface area contributed by atoms with Gasteiger partial charge < -0.3 is 14.6 Å². The smallest absolute Gasteiger partial charge is 0.416 e. The first kappa shape index (κ1) is 18.1. The summed E-state index contributed by atoms with van der Waals surface area (Å²) >= 11 is 0. The molecule has 0 bridgehead atoms. The summed E-state index contributed by atoms with van der Waals surface area (Å²) in [7, 11) is 0. The number of nitrogens with zero attached hydrogens (tertiary/aromatic N) is 2. The van der Waals surface area contributed by atoms with Gasteiger partial charge in [-0.3, -0.25) is 4.79 Å². The van der Waals surface area contributed by atoms with Gasteiger partial charge in [0.15, 0.2) is 0 Å². The number of fused-ring (bicyclic) bond motifs is 1. The Morgan fingerprint density at radius 3 is 2.64 bits per heavy atom. The monoisotopic (exact) mass is 387 g/mol. The summed E-state index contributed by atoms with van der Waals surface area (Å²) in [5.41, 5.74) is 0.911. The van der Waals surface area contributed by atoms with Crippen molar-refractivity contribution in [3.05, 3.63) is 77.4 Å². The Kier molecular flexibility index (Phi) is 4.54. The maximum atomic E-state index is 13.6. The molecule has 5 nitrogen and oxygen atoms in total. The standard InChI is InChI=1S/C20H16F3N3O2/c21-20(22,23)17-11-18-16(19(27)25-6-8-28-18)10-14(17)9-13-1-3-15(4-2-13)26-7-5-24-12-26/h1-5,7,10-12H,6,8-9H2,(H,25,27). The molecule has 28 heavy (non-hydrogen) atoms. The van der Waals surface area contributed by atoms with Crippen LogP contribution in [-0.2, 0) is 12.6 Å². The molecular weight excluding hydrogens is 371 g/mol. The predicted molar refractivity (Wildman–Crippen MR) is 95.6 cm³/mol. The number of hydrogen-bond donors (Lipinski definition) is 1. The van der Waals surface area contributed by atoms with Crippen molar-refractivity contribution in [2.24, 2.45) is 0 Å². The van der Waals surface area contributed by atoms with Gasteiger partial charge in [-0.25, -0.2) is 4.98 Å². The molecule has 8 heteroatoms. The van der Waals surface area contributed by atoms with E-state index in [1.165, 1.54) is 6.07 Å². The zero-order valence-corrected chi connectivity index (χ0v) is 14.7. The van der Waals surface area contributed by atoms with Crippen molar-refractivity contribution < 1.29 is 22.7 Å². The van der Waals surface area contributed by atoms with Gasteiger partial charge in [-0.1, -0.05) is 12.1 Å². The number of halogens is 3. The van der Waals surface area contributed by atoms with Crippen LogP contribution in [0.2, 0.25) is 0 Å². The van der Waals surface area contributed by atoms with Crippen LogP contribution in [0.3, 0.4) is 0 Å². The summed E-state index contributed by atoms with van der Waals surface area (Å²) in [4.78, 5) is 16.1. The van der Waals surface area contributed by atoms with E-state index in [0.717, 1.165) is 11.8 Å². The Morgan fingerprint density at radius 1 is 1.18 bits per heavy atom. The van der Waals surface area contributed by atoms with Crippen LogP contribution in [0.5, 0.6) is 5.75 Å². The minimum atomic E-state index is -4.55. The Bertz CT molecular complexity index is 997. The van der Waals surface area contributed by atoms with Gasteiger partial charge in [0.1, 0.15) is 12.4 Å². The number of nitrogens with one attached hydrogen (secondary N) is 1. The van der Waals surface area contributed by atoms with Gasteiger partial charge in [-0.05, 0) is 41.8 Å². The molecule has 0 aliphatic carbocycles. The van der Waals surface area contributed by atoms with Gasteiger partial charge in [0.2, 0.25) is 0 Å². The molecular formula is C20H16F3N3O2. The summed E-state index contributed by atoms with van der Waals surface area (Å²) in [6.45, 7) is 0.380. The maximum absolute atomic E-state index is 13.6. The Balaban J connectivity index is 1.71. The average Bonchev–Trinajstić information content (AvgIpc) is 3.13. The van der Waals surface area contributed by atoms with E-state index in [0.29, 0.717) is 5.56 Å². The molecule has 144 valence electrons. The SMILES string of the molecule is O=C1NCCOc2cc(C(F)(F)F)c(Cc3ccc(-n4ccnc4)cc3)cc21. The van der Waals surface area contributed by atoms with Gasteiger partial charge in [-0.2, -0.15) is 13.2 Å². The lowest BCUT2D eigenvalue weighted by molar-refractivity contribution is -0.138. The van der Waals surface area contributed by atoms with Crippen molar-refractivity contribution in [3.8, 4) is 11.4 Å². The van der Waals surface area contributed by atoms with Crippen LogP contribution in [0.15, 0.2) is 55.1 Å². The van der Waals surface area contributed by atoms with E-state index < -0.39 is 17.6 Å². The minimum Gasteiger partial charge on any atom is -0.491 e. The first-order valence-corrected chi connectivity index (χ1v) is 8.64. The summed E-state index contributed by atoms with van der Waals surface area (Å²) in [5, 5.41) is 2.62. The number of carbonyl (C=O) groups excluding carboxylic acids is 1. The molecule has 0 fully saturated rings. The molecule has 0 radical (unpaired) electrons. The van der Waals surface area contributed by atoms with E-state index >= 15 is 0 Å². The molecule has 1 N–H and O–H groups in total. The van der Waals surface area contributed by atoms with E-state index in [-0.39, 0.29) is 36.4 Å². The zero-order chi connectivity index (χ0) is 19.7. The van der Waals surface area contributed by atoms with Crippen molar-refractivity contribution >= 4 is 5.91 Å². The van der Waals surface area contributed by atoms with Crippen LogP contribution in [0, 0.1) is 0 Å². The molecule has 0 spiro atoms. The number of benzene rings is 2. The molecule has 1 aliphatic heterocycles. The number of amides is 1. The van der Waals surface area contributed by atoms with Crippen LogP contribution in [0.4, 0.5) is 13.2 Å². The zero-order valence-electron chi connectivity index (χ0n) is 14.7. The second-order valence-electron chi connectivity index (χ2n) is 6.42. The predicted octanol–water partition coefficient (Wildman–Crippen LogP) is 3.60. The number of carbonyl (C=O) groups is 1. The highest BCUT2D eigenvalue weighted by Gasteiger charge is 2.35. The molecule has 2 heterocycles. The normalized spacial score (nSPS) is 14.0. The van der Waals surface area contributed by atoms with E-state index in [9.17, 15) is 18.0 Å². The van der Waals surface area contributed by atoms with Gasteiger partial charge in [-0.15, -0.1) is 0 Å². The van der Waals surface area contributed by atoms with Crippen LogP contribution in [-0.4, -0.2) is 28.6 Å². The highest BCUT2D eigenvalue weighted by Crippen LogP contribution is 2.37. The van der Waals surface area contributed by atoms with E-state index in [2.05, 4.69) is 10.3 Å². The van der Waals surface area contributed by atoms with E-state index in [1.807, 2.05) is 12.1 Å². The second-order valence-corrected chi connectivity index (χ2v) is 6.42. The molecule has 2 aromatic carbocycles. The maximum Gasteiger partial charge on any atom is 0.416 e. The van der Waals surface area contributed by atoms with Crippen LogP contribution in [0.25, 0.3) is 5.69 Å². The number of alkyl halides is 3. The molecule has 3 aromatic rings. The third-order valence-corrected chi connectivity index (χ3v) is 4.53. The fourth-order valence-electron chi connectivity index (χ4n) is 3.17. The Labute approximate surface area is 158 Å². The molecule has 0 atom stereocenters. The molecule has 0 saturated carbocycles. The van der Waals surface area contributed by atoms with Crippen LogP contribution >= 0.6 is 0 Å². The molecule has 1 aromatic heterocycles. The number of hydrogen-bond acceptors (Lipinski definition) is 3. The van der Waals surface area contributed by atoms with Crippen molar-refractivity contribution in [3.63, 3.8) is 0 Å². The Morgan fingerprint density at radius 2 is 1.96 bits per heavy atom. The quantitative estimate of drug-likeness (QED) is 0.747. The lowest BCUT2D eigenvalue weighted by Gasteiger charge is -2.17. The van der Waals surface area contributed by atoms with Gasteiger partial charge in [0.05, 0.1) is 24.0 Å². The van der Waals surface area contributed by atoms with Gasteiger partial charge in [0, 0.05) is 18.1 Å². The van der Waals surface area contributed by atoms with Gasteiger partial charge in [0.25, 0.3) is 5.91 Å². The lowest BCUT2D eigenvalue weighted by Crippen LogP contribution is -2.24. The van der Waals surface area contributed by atoms with Crippen molar-refractivity contribution in [2.45, 2.75) is 12.6 Å². The van der Waals surface area contributed by atoms with Crippen LogP contribution < -0.4 is 10.1 Å². The summed E-state index contributed by atoms with van der Waals surface area (Å²) in [6.07, 6.45) is 0.558. The molecule has 1 aliphatic rings. The third kappa shape index (κ3) is 3.58.